The van der Waals surface area contributed by atoms with Gasteiger partial charge in [0.15, 0.2) is 0 Å². The van der Waals surface area contributed by atoms with Crippen LogP contribution in [-0.2, 0) is 25.5 Å². The van der Waals surface area contributed by atoms with E-state index >= 15 is 0 Å². The molecule has 1 N–H and O–H groups in total. The van der Waals surface area contributed by atoms with Crippen LogP contribution in [0.4, 0.5) is 0 Å². The molecule has 1 saturated heterocycles. The Balaban J connectivity index is 1.71. The molecule has 1 fully saturated rings. The van der Waals surface area contributed by atoms with Gasteiger partial charge in [-0.15, -0.1) is 11.8 Å². The summed E-state index contributed by atoms with van der Waals surface area (Å²) < 4.78 is 5.50. The molecule has 0 aliphatic carbocycles. The van der Waals surface area contributed by atoms with E-state index in [9.17, 15) is 14.4 Å². The van der Waals surface area contributed by atoms with Crippen LogP contribution in [0.2, 0.25) is 0 Å². The molecule has 0 spiro atoms. The van der Waals surface area contributed by atoms with Crippen LogP contribution in [0.15, 0.2) is 41.6 Å². The molecule has 2 aliphatic rings. The number of halogens is 1. The van der Waals surface area contributed by atoms with Crippen molar-refractivity contribution in [1.29, 1.82) is 0 Å². The Morgan fingerprint density at radius 2 is 1.96 bits per heavy atom. The Kier molecular flexibility index (Phi) is 6.19. The first-order valence-electron chi connectivity index (χ1n) is 9.00. The molecule has 8 heteroatoms. The van der Waals surface area contributed by atoms with Gasteiger partial charge in [-0.25, -0.2) is 4.79 Å². The topological polar surface area (TPSA) is 75.7 Å². The van der Waals surface area contributed by atoms with Gasteiger partial charge in [-0.05, 0) is 31.9 Å². The Morgan fingerprint density at radius 1 is 1.29 bits per heavy atom. The van der Waals surface area contributed by atoms with Gasteiger partial charge in [-0.1, -0.05) is 46.3 Å². The van der Waals surface area contributed by atoms with Crippen LogP contribution in [0.3, 0.4) is 0 Å². The molecule has 1 unspecified atom stereocenters. The van der Waals surface area contributed by atoms with Crippen LogP contribution >= 0.6 is 27.7 Å². The van der Waals surface area contributed by atoms with Crippen molar-refractivity contribution in [3.63, 3.8) is 0 Å². The third kappa shape index (κ3) is 4.43. The second kappa shape index (κ2) is 8.29. The summed E-state index contributed by atoms with van der Waals surface area (Å²) in [7, 11) is 0. The maximum Gasteiger partial charge on any atom is 0.355 e. The van der Waals surface area contributed by atoms with Gasteiger partial charge in [0.2, 0.25) is 5.91 Å². The van der Waals surface area contributed by atoms with E-state index in [4.69, 9.17) is 4.74 Å². The third-order valence-corrected chi connectivity index (χ3v) is 6.34. The van der Waals surface area contributed by atoms with Crippen LogP contribution in [0.1, 0.15) is 26.3 Å². The molecule has 2 amide bonds. The molecule has 28 heavy (non-hydrogen) atoms. The number of carbonyl (C=O) groups excluding carboxylic acids is 3. The van der Waals surface area contributed by atoms with Crippen molar-refractivity contribution in [2.75, 3.05) is 11.1 Å². The lowest BCUT2D eigenvalue weighted by molar-refractivity contribution is -0.159. The van der Waals surface area contributed by atoms with Crippen LogP contribution in [0, 0.1) is 0 Å². The summed E-state index contributed by atoms with van der Waals surface area (Å²) in [5.41, 5.74) is 1.35. The number of carbonyl (C=O) groups is 3. The fourth-order valence-electron chi connectivity index (χ4n) is 3.11. The molecule has 0 radical (unpaired) electrons. The molecule has 3 rings (SSSR count). The normalized spacial score (nSPS) is 21.7. The van der Waals surface area contributed by atoms with E-state index in [1.807, 2.05) is 30.3 Å². The minimum atomic E-state index is -0.654. The Bertz CT molecular complexity index is 819. The van der Waals surface area contributed by atoms with Gasteiger partial charge < -0.3 is 10.1 Å². The second-order valence-electron chi connectivity index (χ2n) is 7.71. The zero-order chi connectivity index (χ0) is 20.5. The third-order valence-electron chi connectivity index (χ3n) is 4.32. The molecule has 0 saturated carbocycles. The zero-order valence-electron chi connectivity index (χ0n) is 16.0. The van der Waals surface area contributed by atoms with Crippen LogP contribution < -0.4 is 5.32 Å². The molecule has 2 aliphatic heterocycles. The van der Waals surface area contributed by atoms with Gasteiger partial charge in [0.1, 0.15) is 22.7 Å². The van der Waals surface area contributed by atoms with E-state index in [2.05, 4.69) is 21.2 Å². The predicted octanol–water partition coefficient (Wildman–Crippen LogP) is 2.62. The Hall–Kier alpha value is -1.80. The van der Waals surface area contributed by atoms with Gasteiger partial charge in [0, 0.05) is 11.1 Å². The summed E-state index contributed by atoms with van der Waals surface area (Å²) in [6, 6.07) is 8.74. The SMILES string of the molecule is CC(C)(C)OC(=O)C1=C(CBr)CS[C@@H]2C(NC(=O)Cc3ccccc3)C(=O)N12. The fourth-order valence-corrected chi connectivity index (χ4v) is 5.18. The number of nitrogens with one attached hydrogen (secondary N) is 1. The summed E-state index contributed by atoms with van der Waals surface area (Å²) in [5.74, 6) is -0.397. The van der Waals surface area contributed by atoms with E-state index in [0.717, 1.165) is 11.1 Å². The summed E-state index contributed by atoms with van der Waals surface area (Å²) in [6.45, 7) is 5.37. The molecule has 6 nitrogen and oxygen atoms in total. The smallest absolute Gasteiger partial charge is 0.355 e. The minimum absolute atomic E-state index is 0.209. The van der Waals surface area contributed by atoms with Crippen LogP contribution in [-0.4, -0.2) is 50.8 Å². The summed E-state index contributed by atoms with van der Waals surface area (Å²) in [4.78, 5) is 39.3. The Morgan fingerprint density at radius 3 is 2.57 bits per heavy atom. The number of β-lactam (4-membered cyclic amide) rings is 1. The van der Waals surface area contributed by atoms with E-state index in [1.54, 1.807) is 20.8 Å². The lowest BCUT2D eigenvalue weighted by Crippen LogP contribution is -2.70. The number of hydrogen-bond acceptors (Lipinski definition) is 5. The van der Waals surface area contributed by atoms with E-state index in [0.29, 0.717) is 16.8 Å². The number of nitrogens with zero attached hydrogens (tertiary/aromatic N) is 1. The highest BCUT2D eigenvalue weighted by molar-refractivity contribution is 9.09. The number of thioether (sulfide) groups is 1. The van der Waals surface area contributed by atoms with Crippen molar-refractivity contribution >= 4 is 45.5 Å². The molecule has 2 heterocycles. The molecule has 1 aromatic carbocycles. The number of esters is 1. The number of alkyl halides is 1. The van der Waals surface area contributed by atoms with E-state index < -0.39 is 17.6 Å². The number of amides is 2. The first-order valence-corrected chi connectivity index (χ1v) is 11.2. The van der Waals surface area contributed by atoms with Crippen molar-refractivity contribution in [3.8, 4) is 0 Å². The van der Waals surface area contributed by atoms with Gasteiger partial charge in [-0.2, -0.15) is 0 Å². The number of hydrogen-bond donors (Lipinski definition) is 1. The fraction of sp³-hybridized carbons (Fsp3) is 0.450. The maximum atomic E-state index is 12.8. The molecule has 1 aromatic rings. The first kappa shape index (κ1) is 20.9. The molecule has 150 valence electrons. The standard InChI is InChI=1S/C20H23BrN2O4S/c1-20(2,3)27-19(26)16-13(10-21)11-28-18-15(17(25)23(16)18)22-14(24)9-12-7-5-4-6-8-12/h4-8,15,18H,9-11H2,1-3H3,(H,22,24)/t15?,18-/m1/s1. The van der Waals surface area contributed by atoms with Crippen LogP contribution in [0.25, 0.3) is 0 Å². The highest BCUT2D eigenvalue weighted by atomic mass is 79.9. The summed E-state index contributed by atoms with van der Waals surface area (Å²) >= 11 is 4.94. The van der Waals surface area contributed by atoms with Crippen molar-refractivity contribution in [1.82, 2.24) is 10.2 Å². The maximum absolute atomic E-state index is 12.8. The monoisotopic (exact) mass is 466 g/mol. The van der Waals surface area contributed by atoms with E-state index in [1.165, 1.54) is 16.7 Å². The largest absolute Gasteiger partial charge is 0.455 e. The second-order valence-corrected chi connectivity index (χ2v) is 9.37. The lowest BCUT2D eigenvalue weighted by atomic mass is 10.0. The number of ether oxygens (including phenoxy) is 1. The highest BCUT2D eigenvalue weighted by Gasteiger charge is 2.54. The molecule has 0 aromatic heterocycles. The first-order chi connectivity index (χ1) is 13.2. The number of benzene rings is 1. The average Bonchev–Trinajstić information content (AvgIpc) is 2.64. The van der Waals surface area contributed by atoms with Crippen molar-refractivity contribution in [2.24, 2.45) is 0 Å². The summed E-state index contributed by atoms with van der Waals surface area (Å²) in [6.07, 6.45) is 0.212. The molecule has 2 atom stereocenters. The van der Waals surface area contributed by atoms with Gasteiger partial charge in [0.25, 0.3) is 5.91 Å². The van der Waals surface area contributed by atoms with Gasteiger partial charge in [0.05, 0.1) is 6.42 Å². The van der Waals surface area contributed by atoms with Gasteiger partial charge in [-0.3, -0.25) is 14.5 Å². The number of fused-ring (bicyclic) bond motifs is 1. The van der Waals surface area contributed by atoms with Gasteiger partial charge >= 0.3 is 5.97 Å². The molecule has 0 bridgehead atoms. The quantitative estimate of drug-likeness (QED) is 0.410. The molecular formula is C20H23BrN2O4S. The lowest BCUT2D eigenvalue weighted by Gasteiger charge is -2.50. The highest BCUT2D eigenvalue weighted by Crippen LogP contribution is 2.41. The van der Waals surface area contributed by atoms with Crippen molar-refractivity contribution in [2.45, 2.75) is 44.2 Å². The summed E-state index contributed by atoms with van der Waals surface area (Å²) in [5, 5.41) is 3.01. The van der Waals surface area contributed by atoms with Crippen molar-refractivity contribution in [3.05, 3.63) is 47.2 Å². The molecular weight excluding hydrogens is 444 g/mol. The van der Waals surface area contributed by atoms with Crippen LogP contribution in [0.5, 0.6) is 0 Å². The minimum Gasteiger partial charge on any atom is -0.455 e. The predicted molar refractivity (Wildman–Crippen MR) is 112 cm³/mol. The van der Waals surface area contributed by atoms with Crippen molar-refractivity contribution < 1.29 is 19.1 Å². The zero-order valence-corrected chi connectivity index (χ0v) is 18.4. The van der Waals surface area contributed by atoms with E-state index in [-0.39, 0.29) is 23.6 Å². The Labute approximate surface area is 177 Å². The average molecular weight is 467 g/mol. The number of rotatable bonds is 5.